The van der Waals surface area contributed by atoms with Gasteiger partial charge in [-0.1, -0.05) is 0 Å². The zero-order chi connectivity index (χ0) is 16.7. The second-order valence-corrected chi connectivity index (χ2v) is 5.38. The first kappa shape index (κ1) is 18.2. The number of benzene rings is 1. The zero-order valence-corrected chi connectivity index (χ0v) is 14.2. The lowest BCUT2D eigenvalue weighted by atomic mass is 10.1. The number of aliphatic hydroxyl groups excluding tert-OH is 1. The maximum Gasteiger partial charge on any atom is 0.310 e. The van der Waals surface area contributed by atoms with Crippen molar-refractivity contribution in [3.8, 4) is 5.75 Å². The van der Waals surface area contributed by atoms with Gasteiger partial charge in [-0.2, -0.15) is 0 Å². The van der Waals surface area contributed by atoms with Crippen molar-refractivity contribution in [1.82, 2.24) is 0 Å². The number of esters is 1. The summed E-state index contributed by atoms with van der Waals surface area (Å²) in [6.45, 7) is 5.17. The number of hydrogen-bond acceptors (Lipinski definition) is 4. The summed E-state index contributed by atoms with van der Waals surface area (Å²) >= 11 is 3.19. The Kier molecular flexibility index (Phi) is 7.11. The summed E-state index contributed by atoms with van der Waals surface area (Å²) in [5.74, 6) is 0.0253. The van der Waals surface area contributed by atoms with Gasteiger partial charge in [0.1, 0.15) is 23.1 Å². The Morgan fingerprint density at radius 3 is 2.68 bits per heavy atom. The molecule has 0 aliphatic carbocycles. The van der Waals surface area contributed by atoms with E-state index in [4.69, 9.17) is 9.47 Å². The lowest BCUT2D eigenvalue weighted by Gasteiger charge is -2.11. The SMILES string of the molecule is CCOC(=O)Cc1cc(F)ccc1O/C(C)=C/C(Br)=C(\C)O. The van der Waals surface area contributed by atoms with Crippen LogP contribution >= 0.6 is 15.9 Å². The molecule has 0 bridgehead atoms. The van der Waals surface area contributed by atoms with Crippen LogP contribution in [-0.4, -0.2) is 17.7 Å². The minimum atomic E-state index is -0.458. The molecule has 22 heavy (non-hydrogen) atoms. The molecule has 0 saturated heterocycles. The van der Waals surface area contributed by atoms with E-state index >= 15 is 0 Å². The molecule has 0 radical (unpaired) electrons. The zero-order valence-electron chi connectivity index (χ0n) is 12.7. The van der Waals surface area contributed by atoms with Gasteiger partial charge >= 0.3 is 5.97 Å². The first-order valence-corrected chi connectivity index (χ1v) is 7.48. The number of hydrogen-bond donors (Lipinski definition) is 1. The Balaban J connectivity index is 2.99. The van der Waals surface area contributed by atoms with E-state index in [1.165, 1.54) is 25.1 Å². The van der Waals surface area contributed by atoms with E-state index in [9.17, 15) is 14.3 Å². The highest BCUT2D eigenvalue weighted by Crippen LogP contribution is 2.24. The minimum Gasteiger partial charge on any atom is -0.511 e. The number of ether oxygens (including phenoxy) is 2. The van der Waals surface area contributed by atoms with Gasteiger partial charge in [0.2, 0.25) is 0 Å². The number of carbonyl (C=O) groups excluding carboxylic acids is 1. The average molecular weight is 373 g/mol. The Hall–Kier alpha value is -1.82. The summed E-state index contributed by atoms with van der Waals surface area (Å²) in [4.78, 5) is 11.6. The topological polar surface area (TPSA) is 55.8 Å². The third-order valence-electron chi connectivity index (χ3n) is 2.61. The molecule has 0 amide bonds. The number of rotatable bonds is 6. The van der Waals surface area contributed by atoms with Gasteiger partial charge in [0.15, 0.2) is 0 Å². The molecule has 0 saturated carbocycles. The van der Waals surface area contributed by atoms with Crippen LogP contribution in [0.25, 0.3) is 0 Å². The van der Waals surface area contributed by atoms with Crippen LogP contribution in [0.4, 0.5) is 4.39 Å². The van der Waals surface area contributed by atoms with Crippen LogP contribution in [0.15, 0.2) is 40.3 Å². The van der Waals surface area contributed by atoms with E-state index in [1.807, 2.05) is 0 Å². The first-order valence-electron chi connectivity index (χ1n) is 6.69. The molecule has 120 valence electrons. The summed E-state index contributed by atoms with van der Waals surface area (Å²) in [5, 5.41) is 9.33. The average Bonchev–Trinajstić information content (AvgIpc) is 2.41. The van der Waals surface area contributed by atoms with Gasteiger partial charge in [0.05, 0.1) is 17.5 Å². The second kappa shape index (κ2) is 8.58. The van der Waals surface area contributed by atoms with E-state index in [-0.39, 0.29) is 18.8 Å². The predicted molar refractivity (Wildman–Crippen MR) is 85.4 cm³/mol. The van der Waals surface area contributed by atoms with Gasteiger partial charge in [0.25, 0.3) is 0 Å². The molecule has 0 spiro atoms. The fourth-order valence-corrected chi connectivity index (χ4v) is 1.96. The molecule has 0 aliphatic heterocycles. The normalized spacial score (nSPS) is 12.7. The molecule has 6 heteroatoms. The predicted octanol–water partition coefficient (Wildman–Crippen LogP) is 4.40. The van der Waals surface area contributed by atoms with Gasteiger partial charge in [-0.15, -0.1) is 0 Å². The minimum absolute atomic E-state index is 0.0791. The lowest BCUT2D eigenvalue weighted by Crippen LogP contribution is -2.09. The molecular formula is C16H18BrFO4. The van der Waals surface area contributed by atoms with E-state index in [0.717, 1.165) is 0 Å². The highest BCUT2D eigenvalue weighted by molar-refractivity contribution is 9.11. The van der Waals surface area contributed by atoms with Crippen LogP contribution in [0.1, 0.15) is 26.3 Å². The highest BCUT2D eigenvalue weighted by atomic mass is 79.9. The Morgan fingerprint density at radius 2 is 2.09 bits per heavy atom. The Labute approximate surface area is 137 Å². The van der Waals surface area contributed by atoms with Crippen LogP contribution in [0.5, 0.6) is 5.75 Å². The molecule has 0 fully saturated rings. The van der Waals surface area contributed by atoms with E-state index in [2.05, 4.69) is 15.9 Å². The molecule has 0 aromatic heterocycles. The molecule has 0 atom stereocenters. The Bertz CT molecular complexity index is 604. The fourth-order valence-electron chi connectivity index (χ4n) is 1.64. The smallest absolute Gasteiger partial charge is 0.310 e. The van der Waals surface area contributed by atoms with Crippen LogP contribution in [0, 0.1) is 5.82 Å². The maximum absolute atomic E-state index is 13.4. The molecule has 1 aromatic rings. The summed E-state index contributed by atoms with van der Waals surface area (Å²) < 4.78 is 24.3. The van der Waals surface area contributed by atoms with E-state index < -0.39 is 11.8 Å². The molecule has 1 aromatic carbocycles. The number of aliphatic hydroxyl groups is 1. The largest absolute Gasteiger partial charge is 0.511 e. The van der Waals surface area contributed by atoms with Crippen molar-refractivity contribution in [2.45, 2.75) is 27.2 Å². The standard InChI is InChI=1S/C16H18BrFO4/c1-4-21-16(20)9-12-8-13(18)5-6-15(12)22-10(2)7-14(17)11(3)19/h5-8,19H,4,9H2,1-3H3/b10-7+,14-11-. The first-order chi connectivity index (χ1) is 10.3. The van der Waals surface area contributed by atoms with Crippen molar-refractivity contribution in [2.75, 3.05) is 6.61 Å². The molecule has 0 unspecified atom stereocenters. The van der Waals surface area contributed by atoms with Crippen molar-refractivity contribution in [1.29, 1.82) is 0 Å². The molecule has 0 heterocycles. The highest BCUT2D eigenvalue weighted by Gasteiger charge is 2.12. The van der Waals surface area contributed by atoms with Crippen molar-refractivity contribution in [3.05, 3.63) is 51.7 Å². The third-order valence-corrected chi connectivity index (χ3v) is 3.41. The molecule has 0 aliphatic rings. The number of allylic oxidation sites excluding steroid dienone is 4. The third kappa shape index (κ3) is 5.89. The quantitative estimate of drug-likeness (QED) is 0.456. The Morgan fingerprint density at radius 1 is 1.41 bits per heavy atom. The van der Waals surface area contributed by atoms with Gasteiger partial charge < -0.3 is 14.6 Å². The number of halogens is 2. The fraction of sp³-hybridized carbons (Fsp3) is 0.312. The number of carbonyl (C=O) groups is 1. The van der Waals surface area contributed by atoms with Gasteiger partial charge in [-0.3, -0.25) is 4.79 Å². The monoisotopic (exact) mass is 372 g/mol. The van der Waals surface area contributed by atoms with Crippen LogP contribution in [0.2, 0.25) is 0 Å². The van der Waals surface area contributed by atoms with E-state index in [1.54, 1.807) is 19.9 Å². The van der Waals surface area contributed by atoms with E-state index in [0.29, 0.717) is 21.6 Å². The van der Waals surface area contributed by atoms with Crippen molar-refractivity contribution in [2.24, 2.45) is 0 Å². The van der Waals surface area contributed by atoms with Crippen molar-refractivity contribution >= 4 is 21.9 Å². The van der Waals surface area contributed by atoms with Crippen LogP contribution < -0.4 is 4.74 Å². The molecular weight excluding hydrogens is 355 g/mol. The summed E-state index contributed by atoms with van der Waals surface area (Å²) in [7, 11) is 0. The van der Waals surface area contributed by atoms with Crippen molar-refractivity contribution < 1.29 is 23.8 Å². The van der Waals surface area contributed by atoms with Gasteiger partial charge in [-0.05, 0) is 61.0 Å². The van der Waals surface area contributed by atoms with Gasteiger partial charge in [0, 0.05) is 5.56 Å². The second-order valence-electron chi connectivity index (χ2n) is 4.52. The lowest BCUT2D eigenvalue weighted by molar-refractivity contribution is -0.142. The molecule has 4 nitrogen and oxygen atoms in total. The molecule has 1 rings (SSSR count). The maximum atomic E-state index is 13.4. The van der Waals surface area contributed by atoms with Crippen LogP contribution in [-0.2, 0) is 16.0 Å². The molecule has 1 N–H and O–H groups in total. The summed E-state index contributed by atoms with van der Waals surface area (Å²) in [5.41, 5.74) is 0.395. The summed E-state index contributed by atoms with van der Waals surface area (Å²) in [6, 6.07) is 3.94. The van der Waals surface area contributed by atoms with Gasteiger partial charge in [-0.25, -0.2) is 4.39 Å². The summed E-state index contributed by atoms with van der Waals surface area (Å²) in [6.07, 6.45) is 1.50. The van der Waals surface area contributed by atoms with Crippen molar-refractivity contribution in [3.63, 3.8) is 0 Å². The van der Waals surface area contributed by atoms with Crippen LogP contribution in [0.3, 0.4) is 0 Å².